The molecule has 0 bridgehead atoms. The first-order chi connectivity index (χ1) is 12.7. The topological polar surface area (TPSA) is 4.93 Å². The number of benzene rings is 2. The van der Waals surface area contributed by atoms with Gasteiger partial charge in [-0.1, -0.05) is 18.7 Å². The smallest absolute Gasteiger partial charge is 0.0516 e. The van der Waals surface area contributed by atoms with E-state index < -0.39 is 0 Å². The fourth-order valence-electron chi connectivity index (χ4n) is 4.75. The molecule has 3 aromatic rings. The van der Waals surface area contributed by atoms with Crippen molar-refractivity contribution in [2.24, 2.45) is 7.05 Å². The predicted molar refractivity (Wildman–Crippen MR) is 118 cm³/mol. The number of hydrogen-bond acceptors (Lipinski definition) is 0. The molecule has 27 heavy (non-hydrogen) atoms. The largest absolute Gasteiger partial charge is 0.350 e. The van der Waals surface area contributed by atoms with Crippen LogP contribution >= 0.6 is 0 Å². The summed E-state index contributed by atoms with van der Waals surface area (Å²) in [5.41, 5.74) is 16.3. The summed E-state index contributed by atoms with van der Waals surface area (Å²) >= 11 is 0. The minimum absolute atomic E-state index is 0.983. The number of allylic oxidation sites excluding steroid dienone is 2. The first kappa shape index (κ1) is 17.9. The number of rotatable bonds is 2. The van der Waals surface area contributed by atoms with Gasteiger partial charge < -0.3 is 4.57 Å². The Balaban J connectivity index is 1.89. The highest BCUT2D eigenvalue weighted by atomic mass is 14.9. The van der Waals surface area contributed by atoms with E-state index in [9.17, 15) is 0 Å². The van der Waals surface area contributed by atoms with E-state index in [-0.39, 0.29) is 0 Å². The van der Waals surface area contributed by atoms with Crippen molar-refractivity contribution in [2.45, 2.75) is 48.0 Å². The Labute approximate surface area is 163 Å². The second kappa shape index (κ2) is 5.99. The first-order valence-electron chi connectivity index (χ1n) is 9.77. The van der Waals surface area contributed by atoms with Crippen molar-refractivity contribution in [2.75, 3.05) is 0 Å². The van der Waals surface area contributed by atoms with Crippen LogP contribution < -0.4 is 0 Å². The van der Waals surface area contributed by atoms with E-state index in [1.807, 2.05) is 0 Å². The molecule has 1 heteroatoms. The number of hydrogen-bond donors (Lipinski definition) is 0. The lowest BCUT2D eigenvalue weighted by atomic mass is 9.87. The van der Waals surface area contributed by atoms with E-state index in [1.165, 1.54) is 72.1 Å². The van der Waals surface area contributed by atoms with Gasteiger partial charge in [0.05, 0.1) is 5.52 Å². The van der Waals surface area contributed by atoms with Crippen molar-refractivity contribution in [3.8, 4) is 0 Å². The first-order valence-corrected chi connectivity index (χ1v) is 9.77. The quantitative estimate of drug-likeness (QED) is 0.483. The minimum Gasteiger partial charge on any atom is -0.350 e. The standard InChI is InChI=1S/C26H29N/c1-14-11-22-12-21(13-24(22)17(4)15(14)2)20(7)25-18(5)16(3)19(6)26-23(25)9-10-27(26)8/h9-11,13H,7,12H2,1-6,8H3. The zero-order valence-corrected chi connectivity index (χ0v) is 17.7. The second-order valence-corrected chi connectivity index (χ2v) is 8.28. The maximum Gasteiger partial charge on any atom is 0.0516 e. The van der Waals surface area contributed by atoms with E-state index in [0.717, 1.165) is 6.42 Å². The Morgan fingerprint density at radius 1 is 0.926 bits per heavy atom. The predicted octanol–water partition coefficient (Wildman–Crippen LogP) is 6.68. The molecular formula is C26H29N. The molecule has 1 nitrogen and oxygen atoms in total. The third kappa shape index (κ3) is 2.45. The van der Waals surface area contributed by atoms with Crippen LogP contribution in [0.4, 0.5) is 0 Å². The van der Waals surface area contributed by atoms with Crippen molar-refractivity contribution in [3.05, 3.63) is 80.6 Å². The molecular weight excluding hydrogens is 326 g/mol. The van der Waals surface area contributed by atoms with Crippen LogP contribution in [0, 0.1) is 41.5 Å². The molecule has 1 aliphatic carbocycles. The number of fused-ring (bicyclic) bond motifs is 2. The van der Waals surface area contributed by atoms with Crippen molar-refractivity contribution >= 4 is 22.6 Å². The van der Waals surface area contributed by atoms with Gasteiger partial charge in [-0.15, -0.1) is 0 Å². The molecule has 0 atom stereocenters. The van der Waals surface area contributed by atoms with Gasteiger partial charge in [-0.25, -0.2) is 0 Å². The summed E-state index contributed by atoms with van der Waals surface area (Å²) in [5.74, 6) is 0. The van der Waals surface area contributed by atoms with E-state index in [1.54, 1.807) is 0 Å². The lowest BCUT2D eigenvalue weighted by molar-refractivity contribution is 0.962. The van der Waals surface area contributed by atoms with E-state index in [2.05, 4.69) is 84.1 Å². The SMILES string of the molecule is C=C(C1=Cc2c(cc(C)c(C)c2C)C1)c1c(C)c(C)c(C)c2c1ccn2C. The lowest BCUT2D eigenvalue weighted by Crippen LogP contribution is -2.00. The molecule has 0 amide bonds. The molecule has 1 aromatic heterocycles. The molecule has 1 aliphatic rings. The van der Waals surface area contributed by atoms with Crippen molar-refractivity contribution in [1.82, 2.24) is 4.57 Å². The molecule has 0 unspecified atom stereocenters. The maximum atomic E-state index is 4.58. The number of aromatic nitrogens is 1. The summed E-state index contributed by atoms with van der Waals surface area (Å²) in [7, 11) is 2.14. The van der Waals surface area contributed by atoms with Gasteiger partial charge in [-0.3, -0.25) is 0 Å². The monoisotopic (exact) mass is 355 g/mol. The van der Waals surface area contributed by atoms with Crippen molar-refractivity contribution < 1.29 is 0 Å². The summed E-state index contributed by atoms with van der Waals surface area (Å²) in [5, 5.41) is 1.32. The van der Waals surface area contributed by atoms with E-state index in [0.29, 0.717) is 0 Å². The van der Waals surface area contributed by atoms with Gasteiger partial charge >= 0.3 is 0 Å². The zero-order chi connectivity index (χ0) is 19.6. The van der Waals surface area contributed by atoms with Gasteiger partial charge in [0.1, 0.15) is 0 Å². The van der Waals surface area contributed by atoms with Crippen LogP contribution in [0.2, 0.25) is 0 Å². The highest BCUT2D eigenvalue weighted by molar-refractivity contribution is 6.02. The van der Waals surface area contributed by atoms with Crippen LogP contribution in [-0.4, -0.2) is 4.57 Å². The van der Waals surface area contributed by atoms with Gasteiger partial charge in [0, 0.05) is 18.6 Å². The molecule has 0 spiro atoms. The van der Waals surface area contributed by atoms with Crippen LogP contribution in [0.5, 0.6) is 0 Å². The van der Waals surface area contributed by atoms with Gasteiger partial charge in [-0.05, 0) is 115 Å². The van der Waals surface area contributed by atoms with Gasteiger partial charge in [0.15, 0.2) is 0 Å². The normalized spacial score (nSPS) is 13.2. The molecule has 2 aromatic carbocycles. The third-order valence-electron chi connectivity index (χ3n) is 6.88. The van der Waals surface area contributed by atoms with Gasteiger partial charge in [0.2, 0.25) is 0 Å². The summed E-state index contributed by atoms with van der Waals surface area (Å²) in [4.78, 5) is 0. The molecule has 0 saturated carbocycles. The highest BCUT2D eigenvalue weighted by Gasteiger charge is 2.23. The number of aryl methyl sites for hydroxylation is 3. The van der Waals surface area contributed by atoms with E-state index >= 15 is 0 Å². The van der Waals surface area contributed by atoms with E-state index in [4.69, 9.17) is 0 Å². The third-order valence-corrected chi connectivity index (χ3v) is 6.88. The Morgan fingerprint density at radius 2 is 1.63 bits per heavy atom. The molecule has 0 fully saturated rings. The Hall–Kier alpha value is -2.54. The van der Waals surface area contributed by atoms with Crippen molar-refractivity contribution in [1.29, 1.82) is 0 Å². The summed E-state index contributed by atoms with van der Waals surface area (Å²) in [6.07, 6.45) is 5.53. The summed E-state index contributed by atoms with van der Waals surface area (Å²) < 4.78 is 2.24. The Morgan fingerprint density at radius 3 is 2.33 bits per heavy atom. The minimum atomic E-state index is 0.983. The summed E-state index contributed by atoms with van der Waals surface area (Å²) in [6.45, 7) is 18.0. The molecule has 0 N–H and O–H groups in total. The second-order valence-electron chi connectivity index (χ2n) is 8.28. The zero-order valence-electron chi connectivity index (χ0n) is 17.7. The van der Waals surface area contributed by atoms with Crippen LogP contribution in [0.1, 0.15) is 50.1 Å². The fraction of sp³-hybridized carbons (Fsp3) is 0.308. The highest BCUT2D eigenvalue weighted by Crippen LogP contribution is 2.41. The molecule has 0 aliphatic heterocycles. The van der Waals surface area contributed by atoms with Crippen LogP contribution in [0.25, 0.3) is 22.6 Å². The van der Waals surface area contributed by atoms with Crippen molar-refractivity contribution in [3.63, 3.8) is 0 Å². The van der Waals surface area contributed by atoms with Gasteiger partial charge in [0.25, 0.3) is 0 Å². The average molecular weight is 356 g/mol. The summed E-state index contributed by atoms with van der Waals surface area (Å²) in [6, 6.07) is 4.61. The van der Waals surface area contributed by atoms with Crippen LogP contribution in [0.15, 0.2) is 30.5 Å². The fourth-order valence-corrected chi connectivity index (χ4v) is 4.75. The molecule has 4 rings (SSSR count). The Kier molecular flexibility index (Phi) is 3.96. The molecule has 138 valence electrons. The Bertz CT molecular complexity index is 1170. The number of nitrogens with zero attached hydrogens (tertiary/aromatic N) is 1. The van der Waals surface area contributed by atoms with Crippen LogP contribution in [0.3, 0.4) is 0 Å². The molecule has 0 saturated heterocycles. The van der Waals surface area contributed by atoms with Crippen LogP contribution in [-0.2, 0) is 13.5 Å². The molecule has 0 radical (unpaired) electrons. The average Bonchev–Trinajstić information content (AvgIpc) is 3.22. The lowest BCUT2D eigenvalue weighted by Gasteiger charge is -2.18. The maximum absolute atomic E-state index is 4.58. The van der Waals surface area contributed by atoms with Gasteiger partial charge in [-0.2, -0.15) is 0 Å². The molecule has 1 heterocycles.